The number of rotatable bonds is 3. The van der Waals surface area contributed by atoms with Crippen LogP contribution in [0.1, 0.15) is 30.1 Å². The Bertz CT molecular complexity index is 641. The number of halogens is 2. The van der Waals surface area contributed by atoms with Gasteiger partial charge < -0.3 is 14.9 Å². The molecule has 1 atom stereocenters. The molecule has 7 heteroatoms. The van der Waals surface area contributed by atoms with E-state index in [9.17, 15) is 9.50 Å². The van der Waals surface area contributed by atoms with Gasteiger partial charge in [-0.25, -0.2) is 4.39 Å². The van der Waals surface area contributed by atoms with Crippen LogP contribution in [-0.4, -0.2) is 28.3 Å². The number of aliphatic hydroxyl groups is 1. The number of benzene rings is 1. The zero-order chi connectivity index (χ0) is 14.9. The summed E-state index contributed by atoms with van der Waals surface area (Å²) in [5, 5.41) is 17.8. The van der Waals surface area contributed by atoms with Gasteiger partial charge in [0.05, 0.1) is 0 Å². The van der Waals surface area contributed by atoms with Gasteiger partial charge >= 0.3 is 0 Å². The van der Waals surface area contributed by atoms with Crippen molar-refractivity contribution in [2.75, 3.05) is 13.1 Å². The van der Waals surface area contributed by atoms with Gasteiger partial charge in [0.1, 0.15) is 5.82 Å². The second-order valence-electron chi connectivity index (χ2n) is 5.24. The molecule has 3 rings (SSSR count). The van der Waals surface area contributed by atoms with Crippen molar-refractivity contribution in [2.45, 2.75) is 24.9 Å². The van der Waals surface area contributed by atoms with E-state index in [1.165, 1.54) is 12.1 Å². The summed E-state index contributed by atoms with van der Waals surface area (Å²) in [5.41, 5.74) is -0.407. The molecule has 2 aromatic rings. The number of aromatic nitrogens is 2. The molecule has 0 radical (unpaired) electrons. The Labute approximate surface area is 126 Å². The molecule has 1 saturated heterocycles. The fourth-order valence-electron chi connectivity index (χ4n) is 2.42. The number of nitrogens with one attached hydrogen (secondary N) is 1. The Hall–Kier alpha value is -1.50. The lowest BCUT2D eigenvalue weighted by Gasteiger charge is -2.28. The molecule has 0 bridgehead atoms. The molecule has 0 amide bonds. The molecule has 0 spiro atoms. The first-order valence-corrected chi connectivity index (χ1v) is 7.15. The minimum absolute atomic E-state index is 0.211. The van der Waals surface area contributed by atoms with Crippen molar-refractivity contribution >= 4 is 11.6 Å². The van der Waals surface area contributed by atoms with Gasteiger partial charge in [-0.1, -0.05) is 22.8 Å². The van der Waals surface area contributed by atoms with E-state index >= 15 is 0 Å². The molecule has 1 fully saturated rings. The highest BCUT2D eigenvalue weighted by molar-refractivity contribution is 6.31. The zero-order valence-electron chi connectivity index (χ0n) is 11.3. The van der Waals surface area contributed by atoms with Crippen molar-refractivity contribution < 1.29 is 14.0 Å². The van der Waals surface area contributed by atoms with Gasteiger partial charge in [0.25, 0.3) is 5.89 Å². The molecule has 2 heterocycles. The quantitative estimate of drug-likeness (QED) is 0.907. The largest absolute Gasteiger partial charge is 0.379 e. The van der Waals surface area contributed by atoms with Gasteiger partial charge in [0.2, 0.25) is 0 Å². The molecule has 2 N–H and O–H groups in total. The van der Waals surface area contributed by atoms with E-state index in [0.717, 1.165) is 13.0 Å². The van der Waals surface area contributed by atoms with Crippen LogP contribution in [0.15, 0.2) is 22.7 Å². The van der Waals surface area contributed by atoms with E-state index in [0.29, 0.717) is 35.8 Å². The third-order valence-electron chi connectivity index (χ3n) is 3.59. The standard InChI is InChI=1S/C14H15ClFN3O2/c15-11-7-10(16)3-2-9(11)6-12-18-13(21-19-12)14(20)4-1-5-17-8-14/h2-3,7,17,20H,1,4-6,8H2. The minimum atomic E-state index is -1.11. The van der Waals surface area contributed by atoms with E-state index in [1.54, 1.807) is 6.07 Å². The van der Waals surface area contributed by atoms with Crippen molar-refractivity contribution in [2.24, 2.45) is 0 Å². The molecule has 1 aromatic carbocycles. The second-order valence-corrected chi connectivity index (χ2v) is 5.65. The average molecular weight is 312 g/mol. The van der Waals surface area contributed by atoms with Gasteiger partial charge in [-0.05, 0) is 37.1 Å². The van der Waals surface area contributed by atoms with Crippen molar-refractivity contribution in [1.82, 2.24) is 15.5 Å². The van der Waals surface area contributed by atoms with Crippen LogP contribution >= 0.6 is 11.6 Å². The molecular weight excluding hydrogens is 297 g/mol. The van der Waals surface area contributed by atoms with Crippen LogP contribution in [0.4, 0.5) is 4.39 Å². The zero-order valence-corrected chi connectivity index (χ0v) is 12.0. The van der Waals surface area contributed by atoms with Crippen LogP contribution < -0.4 is 5.32 Å². The van der Waals surface area contributed by atoms with Crippen LogP contribution in [-0.2, 0) is 12.0 Å². The molecule has 1 unspecified atom stereocenters. The van der Waals surface area contributed by atoms with Crippen molar-refractivity contribution in [3.63, 3.8) is 0 Å². The Morgan fingerprint density at radius 1 is 1.48 bits per heavy atom. The van der Waals surface area contributed by atoms with Gasteiger partial charge in [-0.2, -0.15) is 4.98 Å². The highest BCUT2D eigenvalue weighted by atomic mass is 35.5. The molecule has 0 saturated carbocycles. The first-order chi connectivity index (χ1) is 10.1. The van der Waals surface area contributed by atoms with Gasteiger partial charge in [0.15, 0.2) is 11.4 Å². The third-order valence-corrected chi connectivity index (χ3v) is 3.94. The van der Waals surface area contributed by atoms with Crippen LogP contribution in [0, 0.1) is 5.82 Å². The molecular formula is C14H15ClFN3O2. The molecule has 1 aromatic heterocycles. The maximum Gasteiger partial charge on any atom is 0.259 e. The SMILES string of the molecule is OC1(c2nc(Cc3ccc(F)cc3Cl)no2)CCCNC1. The lowest BCUT2D eigenvalue weighted by atomic mass is 9.94. The Kier molecular flexibility index (Phi) is 3.93. The van der Waals surface area contributed by atoms with Crippen LogP contribution in [0.3, 0.4) is 0 Å². The van der Waals surface area contributed by atoms with Crippen LogP contribution in [0.25, 0.3) is 0 Å². The summed E-state index contributed by atoms with van der Waals surface area (Å²) < 4.78 is 18.2. The first kappa shape index (κ1) is 14.4. The summed E-state index contributed by atoms with van der Waals surface area (Å²) in [7, 11) is 0. The number of hydrogen-bond acceptors (Lipinski definition) is 5. The predicted octanol–water partition coefficient (Wildman–Crippen LogP) is 2.02. The Balaban J connectivity index is 1.78. The minimum Gasteiger partial charge on any atom is -0.379 e. The van der Waals surface area contributed by atoms with E-state index in [-0.39, 0.29) is 11.7 Å². The van der Waals surface area contributed by atoms with Crippen molar-refractivity contribution in [3.05, 3.63) is 46.3 Å². The second kappa shape index (κ2) is 5.71. The van der Waals surface area contributed by atoms with E-state index in [1.807, 2.05) is 0 Å². The Morgan fingerprint density at radius 3 is 3.05 bits per heavy atom. The normalized spacial score (nSPS) is 22.4. The first-order valence-electron chi connectivity index (χ1n) is 6.77. The lowest BCUT2D eigenvalue weighted by Crippen LogP contribution is -2.43. The Morgan fingerprint density at radius 2 is 2.33 bits per heavy atom. The maximum atomic E-state index is 13.0. The highest BCUT2D eigenvalue weighted by Gasteiger charge is 2.37. The highest BCUT2D eigenvalue weighted by Crippen LogP contribution is 2.27. The summed E-state index contributed by atoms with van der Waals surface area (Å²) in [6, 6.07) is 4.17. The van der Waals surface area contributed by atoms with Crippen LogP contribution in [0.5, 0.6) is 0 Å². The number of piperidine rings is 1. The van der Waals surface area contributed by atoms with E-state index < -0.39 is 5.60 Å². The summed E-state index contributed by atoms with van der Waals surface area (Å²) in [5.74, 6) is 0.237. The number of hydrogen-bond donors (Lipinski definition) is 2. The monoisotopic (exact) mass is 311 g/mol. The average Bonchev–Trinajstić information content (AvgIpc) is 2.92. The van der Waals surface area contributed by atoms with Gasteiger partial charge in [0, 0.05) is 18.0 Å². The molecule has 112 valence electrons. The molecule has 1 aliphatic heterocycles. The molecule has 0 aliphatic carbocycles. The van der Waals surface area contributed by atoms with Gasteiger partial charge in [-0.15, -0.1) is 0 Å². The summed E-state index contributed by atoms with van der Waals surface area (Å²) in [4.78, 5) is 4.24. The molecule has 5 nitrogen and oxygen atoms in total. The number of β-amino-alcohol motifs (C(OH)–C–C–N with tert-alkyl or cyclic N) is 1. The molecule has 21 heavy (non-hydrogen) atoms. The fourth-order valence-corrected chi connectivity index (χ4v) is 2.66. The lowest BCUT2D eigenvalue weighted by molar-refractivity contribution is -0.0167. The number of nitrogens with zero attached hydrogens (tertiary/aromatic N) is 2. The van der Waals surface area contributed by atoms with Crippen LogP contribution in [0.2, 0.25) is 5.02 Å². The topological polar surface area (TPSA) is 71.2 Å². The molecule has 1 aliphatic rings. The van der Waals surface area contributed by atoms with Gasteiger partial charge in [-0.3, -0.25) is 0 Å². The maximum absolute atomic E-state index is 13.0. The summed E-state index contributed by atoms with van der Waals surface area (Å²) in [6.07, 6.45) is 1.75. The predicted molar refractivity (Wildman–Crippen MR) is 74.5 cm³/mol. The summed E-state index contributed by atoms with van der Waals surface area (Å²) in [6.45, 7) is 1.26. The van der Waals surface area contributed by atoms with E-state index in [2.05, 4.69) is 15.5 Å². The van der Waals surface area contributed by atoms with Crippen molar-refractivity contribution in [1.29, 1.82) is 0 Å². The summed E-state index contributed by atoms with van der Waals surface area (Å²) >= 11 is 5.98. The third kappa shape index (κ3) is 3.07. The van der Waals surface area contributed by atoms with Crippen molar-refractivity contribution in [3.8, 4) is 0 Å². The smallest absolute Gasteiger partial charge is 0.259 e. The van der Waals surface area contributed by atoms with E-state index in [4.69, 9.17) is 16.1 Å². The fraction of sp³-hybridized carbons (Fsp3) is 0.429.